The highest BCUT2D eigenvalue weighted by Gasteiger charge is 2.26. The molecule has 0 aliphatic rings. The van der Waals surface area contributed by atoms with E-state index in [1.807, 2.05) is 67.6 Å². The first-order chi connectivity index (χ1) is 14.3. The van der Waals surface area contributed by atoms with Crippen LogP contribution in [0.15, 0.2) is 89.8 Å². The summed E-state index contributed by atoms with van der Waals surface area (Å²) in [6, 6.07) is 25.0. The van der Waals surface area contributed by atoms with Crippen molar-refractivity contribution >= 4 is 15.9 Å². The standard InChI is InChI=1S/C24H26N2O3S/c1-19-13-15-23(16-14-19)30(28,29)25-20(2)24(27)26(17-21-9-5-3-6-10-21)18-22-11-7-4-8-12-22/h3-16,20,25H,17-18H2,1-2H3/t20-/m0/s1. The van der Waals surface area contributed by atoms with E-state index >= 15 is 0 Å². The predicted molar refractivity (Wildman–Crippen MR) is 118 cm³/mol. The van der Waals surface area contributed by atoms with E-state index < -0.39 is 16.1 Å². The molecule has 0 saturated heterocycles. The highest BCUT2D eigenvalue weighted by atomic mass is 32.2. The molecule has 156 valence electrons. The molecule has 0 aliphatic heterocycles. The number of nitrogens with zero attached hydrogens (tertiary/aromatic N) is 1. The van der Waals surface area contributed by atoms with Crippen molar-refractivity contribution in [2.24, 2.45) is 0 Å². The summed E-state index contributed by atoms with van der Waals surface area (Å²) in [6.45, 7) is 4.26. The van der Waals surface area contributed by atoms with E-state index in [0.29, 0.717) is 13.1 Å². The van der Waals surface area contributed by atoms with Gasteiger partial charge in [-0.15, -0.1) is 0 Å². The number of sulfonamides is 1. The van der Waals surface area contributed by atoms with Gasteiger partial charge in [0.1, 0.15) is 0 Å². The van der Waals surface area contributed by atoms with E-state index in [4.69, 9.17) is 0 Å². The number of carbonyl (C=O) groups is 1. The second-order valence-electron chi connectivity index (χ2n) is 7.32. The van der Waals surface area contributed by atoms with Gasteiger partial charge in [0.15, 0.2) is 0 Å². The number of hydrogen-bond acceptors (Lipinski definition) is 3. The van der Waals surface area contributed by atoms with Gasteiger partial charge in [0, 0.05) is 13.1 Å². The molecule has 3 aromatic rings. The first-order valence-corrected chi connectivity index (χ1v) is 11.3. The maximum atomic E-state index is 13.2. The lowest BCUT2D eigenvalue weighted by Crippen LogP contribution is -2.46. The molecule has 5 nitrogen and oxygen atoms in total. The van der Waals surface area contributed by atoms with Gasteiger partial charge in [-0.25, -0.2) is 8.42 Å². The first-order valence-electron chi connectivity index (χ1n) is 9.81. The molecular formula is C24H26N2O3S. The number of rotatable bonds is 8. The zero-order valence-electron chi connectivity index (χ0n) is 17.2. The van der Waals surface area contributed by atoms with Crippen molar-refractivity contribution in [3.8, 4) is 0 Å². The Morgan fingerprint density at radius 2 is 1.30 bits per heavy atom. The van der Waals surface area contributed by atoms with Gasteiger partial charge in [0.05, 0.1) is 10.9 Å². The highest BCUT2D eigenvalue weighted by Crippen LogP contribution is 2.14. The van der Waals surface area contributed by atoms with Crippen LogP contribution < -0.4 is 4.72 Å². The minimum atomic E-state index is -3.80. The molecular weight excluding hydrogens is 396 g/mol. The summed E-state index contributed by atoms with van der Waals surface area (Å²) >= 11 is 0. The van der Waals surface area contributed by atoms with Crippen LogP contribution in [0.3, 0.4) is 0 Å². The van der Waals surface area contributed by atoms with Gasteiger partial charge in [-0.05, 0) is 37.1 Å². The van der Waals surface area contributed by atoms with Gasteiger partial charge in [-0.3, -0.25) is 4.79 Å². The van der Waals surface area contributed by atoms with Gasteiger partial charge >= 0.3 is 0 Å². The average Bonchev–Trinajstić information content (AvgIpc) is 2.74. The second-order valence-corrected chi connectivity index (χ2v) is 9.04. The zero-order chi connectivity index (χ0) is 21.6. The quantitative estimate of drug-likeness (QED) is 0.599. The summed E-state index contributed by atoms with van der Waals surface area (Å²) in [7, 11) is -3.80. The number of aryl methyl sites for hydroxylation is 1. The van der Waals surface area contributed by atoms with Gasteiger partial charge in [0.2, 0.25) is 15.9 Å². The Morgan fingerprint density at radius 1 is 0.833 bits per heavy atom. The number of amides is 1. The van der Waals surface area contributed by atoms with Crippen molar-refractivity contribution in [1.82, 2.24) is 9.62 Å². The Balaban J connectivity index is 1.79. The van der Waals surface area contributed by atoms with E-state index in [1.54, 1.807) is 36.1 Å². The van der Waals surface area contributed by atoms with Crippen LogP contribution in [0.4, 0.5) is 0 Å². The van der Waals surface area contributed by atoms with E-state index in [-0.39, 0.29) is 10.8 Å². The molecule has 1 atom stereocenters. The van der Waals surface area contributed by atoms with Gasteiger partial charge in [0.25, 0.3) is 0 Å². The number of benzene rings is 3. The Labute approximate surface area is 178 Å². The molecule has 0 spiro atoms. The lowest BCUT2D eigenvalue weighted by molar-refractivity contribution is -0.133. The molecule has 1 N–H and O–H groups in total. The molecule has 0 unspecified atom stereocenters. The van der Waals surface area contributed by atoms with Crippen LogP contribution >= 0.6 is 0 Å². The normalized spacial score (nSPS) is 12.3. The zero-order valence-corrected chi connectivity index (χ0v) is 18.0. The summed E-state index contributed by atoms with van der Waals surface area (Å²) < 4.78 is 28.0. The lowest BCUT2D eigenvalue weighted by atomic mass is 10.1. The molecule has 3 aromatic carbocycles. The van der Waals surface area contributed by atoms with Crippen LogP contribution in [0, 0.1) is 6.92 Å². The van der Waals surface area contributed by atoms with Crippen molar-refractivity contribution in [2.45, 2.75) is 37.9 Å². The van der Waals surface area contributed by atoms with Crippen LogP contribution in [0.5, 0.6) is 0 Å². The van der Waals surface area contributed by atoms with Gasteiger partial charge in [-0.2, -0.15) is 4.72 Å². The van der Waals surface area contributed by atoms with E-state index in [1.165, 1.54) is 0 Å². The monoisotopic (exact) mass is 422 g/mol. The molecule has 3 rings (SSSR count). The number of carbonyl (C=O) groups excluding carboxylic acids is 1. The largest absolute Gasteiger partial charge is 0.333 e. The summed E-state index contributed by atoms with van der Waals surface area (Å²) in [5.41, 5.74) is 2.93. The Kier molecular flexibility index (Phi) is 7.03. The van der Waals surface area contributed by atoms with Crippen molar-refractivity contribution in [3.63, 3.8) is 0 Å². The number of nitrogens with one attached hydrogen (secondary N) is 1. The van der Waals surface area contributed by atoms with E-state index in [0.717, 1.165) is 16.7 Å². The third-order valence-electron chi connectivity index (χ3n) is 4.78. The van der Waals surface area contributed by atoms with Gasteiger partial charge < -0.3 is 4.90 Å². The molecule has 0 saturated carbocycles. The SMILES string of the molecule is Cc1ccc(S(=O)(=O)N[C@@H](C)C(=O)N(Cc2ccccc2)Cc2ccccc2)cc1. The van der Waals surface area contributed by atoms with Crippen LogP contribution in [0.25, 0.3) is 0 Å². The van der Waals surface area contributed by atoms with Crippen molar-refractivity contribution < 1.29 is 13.2 Å². The maximum Gasteiger partial charge on any atom is 0.241 e. The van der Waals surface area contributed by atoms with E-state index in [9.17, 15) is 13.2 Å². The fraction of sp³-hybridized carbons (Fsp3) is 0.208. The molecule has 0 aliphatic carbocycles. The molecule has 0 fully saturated rings. The number of hydrogen-bond donors (Lipinski definition) is 1. The molecule has 30 heavy (non-hydrogen) atoms. The highest BCUT2D eigenvalue weighted by molar-refractivity contribution is 7.89. The van der Waals surface area contributed by atoms with Crippen LogP contribution in [-0.2, 0) is 27.9 Å². The molecule has 1 amide bonds. The fourth-order valence-electron chi connectivity index (χ4n) is 3.16. The predicted octanol–water partition coefficient (Wildman–Crippen LogP) is 3.89. The lowest BCUT2D eigenvalue weighted by Gasteiger charge is -2.26. The summed E-state index contributed by atoms with van der Waals surface area (Å²) in [5, 5.41) is 0. The van der Waals surface area contributed by atoms with Crippen molar-refractivity contribution in [2.75, 3.05) is 0 Å². The molecule has 6 heteroatoms. The summed E-state index contributed by atoms with van der Waals surface area (Å²) in [5.74, 6) is -0.279. The Morgan fingerprint density at radius 3 is 1.77 bits per heavy atom. The summed E-state index contributed by atoms with van der Waals surface area (Å²) in [6.07, 6.45) is 0. The summed E-state index contributed by atoms with van der Waals surface area (Å²) in [4.78, 5) is 15.0. The topological polar surface area (TPSA) is 66.5 Å². The molecule has 0 aromatic heterocycles. The Hall–Kier alpha value is -2.96. The first kappa shape index (κ1) is 21.7. The smallest absolute Gasteiger partial charge is 0.241 e. The van der Waals surface area contributed by atoms with E-state index in [2.05, 4.69) is 4.72 Å². The molecule has 0 heterocycles. The van der Waals surface area contributed by atoms with Crippen molar-refractivity contribution in [1.29, 1.82) is 0 Å². The van der Waals surface area contributed by atoms with Crippen LogP contribution in [0.1, 0.15) is 23.6 Å². The Bertz CT molecular complexity index is 1020. The maximum absolute atomic E-state index is 13.2. The third kappa shape index (κ3) is 5.78. The fourth-order valence-corrected chi connectivity index (χ4v) is 4.36. The third-order valence-corrected chi connectivity index (χ3v) is 6.33. The van der Waals surface area contributed by atoms with Crippen molar-refractivity contribution in [3.05, 3.63) is 102 Å². The van der Waals surface area contributed by atoms with Crippen LogP contribution in [0.2, 0.25) is 0 Å². The second kappa shape index (κ2) is 9.69. The minimum Gasteiger partial charge on any atom is -0.333 e. The van der Waals surface area contributed by atoms with Crippen LogP contribution in [-0.4, -0.2) is 25.3 Å². The molecule has 0 radical (unpaired) electrons. The average molecular weight is 423 g/mol. The minimum absolute atomic E-state index is 0.144. The molecule has 0 bridgehead atoms. The van der Waals surface area contributed by atoms with Gasteiger partial charge in [-0.1, -0.05) is 78.4 Å².